The lowest BCUT2D eigenvalue weighted by Gasteiger charge is -2.16. The van der Waals surface area contributed by atoms with E-state index in [1.54, 1.807) is 0 Å². The summed E-state index contributed by atoms with van der Waals surface area (Å²) in [5, 5.41) is 13.5. The SMILES string of the molecule is CCCCOCC(O)COc1cccc(Cl)c1CNC. The van der Waals surface area contributed by atoms with Crippen LogP contribution in [-0.2, 0) is 11.3 Å². The Labute approximate surface area is 126 Å². The number of nitrogens with one attached hydrogen (secondary N) is 1. The molecule has 0 aliphatic carbocycles. The number of hydrogen-bond donors (Lipinski definition) is 2. The van der Waals surface area contributed by atoms with Gasteiger partial charge >= 0.3 is 0 Å². The molecule has 0 bridgehead atoms. The summed E-state index contributed by atoms with van der Waals surface area (Å²) < 4.78 is 11.0. The highest BCUT2D eigenvalue weighted by atomic mass is 35.5. The molecule has 0 heterocycles. The minimum absolute atomic E-state index is 0.198. The molecule has 0 radical (unpaired) electrons. The highest BCUT2D eigenvalue weighted by molar-refractivity contribution is 6.31. The van der Waals surface area contributed by atoms with Crippen LogP contribution in [0.1, 0.15) is 25.3 Å². The topological polar surface area (TPSA) is 50.7 Å². The zero-order chi connectivity index (χ0) is 14.8. The van der Waals surface area contributed by atoms with Crippen molar-refractivity contribution in [1.29, 1.82) is 0 Å². The molecule has 0 saturated carbocycles. The monoisotopic (exact) mass is 301 g/mol. The number of unbranched alkanes of at least 4 members (excludes halogenated alkanes) is 1. The Morgan fingerprint density at radius 1 is 1.35 bits per heavy atom. The third-order valence-electron chi connectivity index (χ3n) is 2.81. The van der Waals surface area contributed by atoms with Crippen molar-refractivity contribution in [3.8, 4) is 5.75 Å². The van der Waals surface area contributed by atoms with E-state index in [1.165, 1.54) is 0 Å². The fourth-order valence-corrected chi connectivity index (χ4v) is 1.95. The molecule has 1 aromatic rings. The first-order chi connectivity index (χ1) is 9.69. The fraction of sp³-hybridized carbons (Fsp3) is 0.600. The fourth-order valence-electron chi connectivity index (χ4n) is 1.72. The second-order valence-corrected chi connectivity index (χ2v) is 5.05. The van der Waals surface area contributed by atoms with Gasteiger partial charge in [0.25, 0.3) is 0 Å². The van der Waals surface area contributed by atoms with Gasteiger partial charge in [0.15, 0.2) is 0 Å². The Bertz CT molecular complexity index is 387. The number of ether oxygens (including phenoxy) is 2. The van der Waals surface area contributed by atoms with E-state index in [0.717, 1.165) is 18.4 Å². The Morgan fingerprint density at radius 2 is 2.15 bits per heavy atom. The second-order valence-electron chi connectivity index (χ2n) is 4.64. The molecule has 5 heteroatoms. The minimum atomic E-state index is -0.631. The van der Waals surface area contributed by atoms with Gasteiger partial charge in [0.05, 0.1) is 6.61 Å². The van der Waals surface area contributed by atoms with Gasteiger partial charge < -0.3 is 19.9 Å². The van der Waals surface area contributed by atoms with Crippen molar-refractivity contribution in [2.45, 2.75) is 32.4 Å². The molecule has 0 aromatic heterocycles. The molecule has 0 saturated heterocycles. The van der Waals surface area contributed by atoms with Crippen LogP contribution in [-0.4, -0.2) is 38.1 Å². The third kappa shape index (κ3) is 6.09. The number of aliphatic hydroxyl groups is 1. The number of rotatable bonds is 10. The first-order valence-corrected chi connectivity index (χ1v) is 7.37. The van der Waals surface area contributed by atoms with Crippen LogP contribution in [0.4, 0.5) is 0 Å². The van der Waals surface area contributed by atoms with Gasteiger partial charge in [-0.2, -0.15) is 0 Å². The quantitative estimate of drug-likeness (QED) is 0.652. The van der Waals surface area contributed by atoms with Gasteiger partial charge in [-0.25, -0.2) is 0 Å². The summed E-state index contributed by atoms with van der Waals surface area (Å²) in [6.07, 6.45) is 1.46. The summed E-state index contributed by atoms with van der Waals surface area (Å²) in [4.78, 5) is 0. The molecular weight excluding hydrogens is 278 g/mol. The first-order valence-electron chi connectivity index (χ1n) is 6.99. The maximum Gasteiger partial charge on any atom is 0.125 e. The summed E-state index contributed by atoms with van der Waals surface area (Å²) in [5.74, 6) is 0.694. The third-order valence-corrected chi connectivity index (χ3v) is 3.17. The van der Waals surface area contributed by atoms with Crippen LogP contribution in [0.3, 0.4) is 0 Å². The molecule has 0 fully saturated rings. The smallest absolute Gasteiger partial charge is 0.125 e. The Hall–Kier alpha value is -0.810. The van der Waals surface area contributed by atoms with Crippen molar-refractivity contribution in [3.05, 3.63) is 28.8 Å². The standard InChI is InChI=1S/C15H24ClNO3/c1-3-4-8-19-10-12(18)11-20-15-7-5-6-14(16)13(15)9-17-2/h5-7,12,17-18H,3-4,8-11H2,1-2H3. The van der Waals surface area contributed by atoms with Crippen LogP contribution < -0.4 is 10.1 Å². The molecule has 1 aromatic carbocycles. The Morgan fingerprint density at radius 3 is 2.85 bits per heavy atom. The summed E-state index contributed by atoms with van der Waals surface area (Å²) in [6, 6.07) is 5.51. The average Bonchev–Trinajstić information content (AvgIpc) is 2.44. The first kappa shape index (κ1) is 17.2. The van der Waals surface area contributed by atoms with Gasteiger partial charge in [0, 0.05) is 23.7 Å². The molecule has 0 spiro atoms. The van der Waals surface area contributed by atoms with Gasteiger partial charge in [0.1, 0.15) is 18.5 Å². The van der Waals surface area contributed by atoms with Gasteiger partial charge in [-0.15, -0.1) is 0 Å². The lowest BCUT2D eigenvalue weighted by atomic mass is 10.2. The van der Waals surface area contributed by atoms with Crippen molar-refractivity contribution in [3.63, 3.8) is 0 Å². The van der Waals surface area contributed by atoms with Crippen LogP contribution in [0.25, 0.3) is 0 Å². The number of halogens is 1. The maximum atomic E-state index is 9.80. The van der Waals surface area contributed by atoms with Gasteiger partial charge in [-0.1, -0.05) is 31.0 Å². The van der Waals surface area contributed by atoms with E-state index in [9.17, 15) is 5.11 Å². The van der Waals surface area contributed by atoms with Crippen LogP contribution >= 0.6 is 11.6 Å². The Kier molecular flexibility index (Phi) is 8.62. The van der Waals surface area contributed by atoms with Gasteiger partial charge in [-0.05, 0) is 25.6 Å². The van der Waals surface area contributed by atoms with E-state index in [-0.39, 0.29) is 6.61 Å². The molecule has 1 unspecified atom stereocenters. The van der Waals surface area contributed by atoms with Crippen molar-refractivity contribution in [1.82, 2.24) is 5.32 Å². The summed E-state index contributed by atoms with van der Waals surface area (Å²) in [6.45, 7) is 3.89. The van der Waals surface area contributed by atoms with Crippen LogP contribution in [0.5, 0.6) is 5.75 Å². The predicted molar refractivity (Wildman–Crippen MR) is 81.4 cm³/mol. The molecule has 2 N–H and O–H groups in total. The summed E-state index contributed by atoms with van der Waals surface area (Å²) in [5.41, 5.74) is 0.899. The zero-order valence-corrected chi connectivity index (χ0v) is 12.9. The molecular formula is C15H24ClNO3. The molecule has 1 rings (SSSR count). The van der Waals surface area contributed by atoms with E-state index in [1.807, 2.05) is 25.2 Å². The molecule has 0 aliphatic rings. The van der Waals surface area contributed by atoms with E-state index in [4.69, 9.17) is 21.1 Å². The Balaban J connectivity index is 2.42. The van der Waals surface area contributed by atoms with Crippen LogP contribution in [0.15, 0.2) is 18.2 Å². The van der Waals surface area contributed by atoms with Crippen molar-refractivity contribution >= 4 is 11.6 Å². The molecule has 1 atom stereocenters. The van der Waals surface area contributed by atoms with Crippen LogP contribution in [0, 0.1) is 0 Å². The van der Waals surface area contributed by atoms with Gasteiger partial charge in [0.2, 0.25) is 0 Å². The predicted octanol–water partition coefficient (Wildman–Crippen LogP) is 2.62. The second kappa shape index (κ2) is 10.00. The molecule has 4 nitrogen and oxygen atoms in total. The molecule has 0 aliphatic heterocycles. The largest absolute Gasteiger partial charge is 0.490 e. The maximum absolute atomic E-state index is 9.80. The highest BCUT2D eigenvalue weighted by Gasteiger charge is 2.10. The summed E-state index contributed by atoms with van der Waals surface area (Å²) >= 11 is 6.13. The highest BCUT2D eigenvalue weighted by Crippen LogP contribution is 2.26. The van der Waals surface area contributed by atoms with E-state index in [2.05, 4.69) is 12.2 Å². The minimum Gasteiger partial charge on any atom is -0.490 e. The van der Waals surface area contributed by atoms with Crippen molar-refractivity contribution in [2.24, 2.45) is 0 Å². The van der Waals surface area contributed by atoms with E-state index in [0.29, 0.717) is 30.5 Å². The van der Waals surface area contributed by atoms with Crippen LogP contribution in [0.2, 0.25) is 5.02 Å². The average molecular weight is 302 g/mol. The number of hydrogen-bond acceptors (Lipinski definition) is 4. The van der Waals surface area contributed by atoms with E-state index >= 15 is 0 Å². The lowest BCUT2D eigenvalue weighted by Crippen LogP contribution is -2.24. The summed E-state index contributed by atoms with van der Waals surface area (Å²) in [7, 11) is 1.85. The van der Waals surface area contributed by atoms with Crippen molar-refractivity contribution in [2.75, 3.05) is 26.9 Å². The zero-order valence-electron chi connectivity index (χ0n) is 12.2. The molecule has 20 heavy (non-hydrogen) atoms. The lowest BCUT2D eigenvalue weighted by molar-refractivity contribution is 0.0111. The van der Waals surface area contributed by atoms with Gasteiger partial charge in [-0.3, -0.25) is 0 Å². The van der Waals surface area contributed by atoms with E-state index < -0.39 is 6.10 Å². The normalized spacial score (nSPS) is 12.4. The van der Waals surface area contributed by atoms with Crippen molar-refractivity contribution < 1.29 is 14.6 Å². The molecule has 114 valence electrons. The number of aliphatic hydroxyl groups excluding tert-OH is 1. The number of benzene rings is 1. The molecule has 0 amide bonds.